The highest BCUT2D eigenvalue weighted by Gasteiger charge is 2.50. The molecule has 0 aliphatic rings. The van der Waals surface area contributed by atoms with Crippen LogP contribution in [-0.4, -0.2) is 14.9 Å². The van der Waals surface area contributed by atoms with Gasteiger partial charge in [0.15, 0.2) is 0 Å². The summed E-state index contributed by atoms with van der Waals surface area (Å²) < 4.78 is 19.6. The maximum atomic E-state index is 13.4. The van der Waals surface area contributed by atoms with Crippen LogP contribution >= 0.6 is 0 Å². The maximum Gasteiger partial charge on any atom is 0.261 e. The van der Waals surface area contributed by atoms with Crippen LogP contribution in [0.2, 0.25) is 5.04 Å². The molecule has 0 aliphatic heterocycles. The van der Waals surface area contributed by atoms with Crippen molar-refractivity contribution in [2.24, 2.45) is 0 Å². The van der Waals surface area contributed by atoms with Gasteiger partial charge in [-0.15, -0.1) is 0 Å². The standard InChI is InChI=1S/C19H23FOSi/c1-16(20)15-21-22(19(2,3)4,17-11-7-5-8-12-17)18-13-9-6-10-14-18/h5-14H,1,15H2,2-4H3. The Hall–Kier alpha value is -1.71. The summed E-state index contributed by atoms with van der Waals surface area (Å²) in [6.45, 7) is 9.80. The molecular formula is C19H23FOSi. The molecule has 1 nitrogen and oxygen atoms in total. The van der Waals surface area contributed by atoms with Gasteiger partial charge < -0.3 is 4.43 Å². The van der Waals surface area contributed by atoms with E-state index < -0.39 is 14.1 Å². The molecule has 0 atom stereocenters. The van der Waals surface area contributed by atoms with Gasteiger partial charge >= 0.3 is 0 Å². The zero-order valence-electron chi connectivity index (χ0n) is 13.5. The smallest absolute Gasteiger partial charge is 0.261 e. The SMILES string of the molecule is C=C(F)CO[Si](c1ccccc1)(c1ccccc1)C(C)(C)C. The quantitative estimate of drug-likeness (QED) is 0.757. The fraction of sp³-hybridized carbons (Fsp3) is 0.263. The van der Waals surface area contributed by atoms with E-state index in [9.17, 15) is 4.39 Å². The van der Waals surface area contributed by atoms with Crippen molar-refractivity contribution in [2.75, 3.05) is 6.61 Å². The minimum absolute atomic E-state index is 0.0622. The van der Waals surface area contributed by atoms with Crippen molar-refractivity contribution >= 4 is 18.7 Å². The van der Waals surface area contributed by atoms with Gasteiger partial charge in [-0.1, -0.05) is 88.0 Å². The van der Waals surface area contributed by atoms with Gasteiger partial charge in [-0.3, -0.25) is 0 Å². The molecule has 0 heterocycles. The Bertz CT molecular complexity index is 577. The molecule has 116 valence electrons. The molecule has 2 rings (SSSR count). The lowest BCUT2D eigenvalue weighted by molar-refractivity contribution is 0.301. The Morgan fingerprint density at radius 3 is 1.68 bits per heavy atom. The summed E-state index contributed by atoms with van der Waals surface area (Å²) >= 11 is 0. The summed E-state index contributed by atoms with van der Waals surface area (Å²) in [4.78, 5) is 0. The second-order valence-electron chi connectivity index (χ2n) is 6.47. The van der Waals surface area contributed by atoms with Crippen LogP contribution in [0.1, 0.15) is 20.8 Å². The summed E-state index contributed by atoms with van der Waals surface area (Å²) in [6, 6.07) is 20.4. The van der Waals surface area contributed by atoms with Crippen LogP contribution < -0.4 is 10.4 Å². The molecule has 0 radical (unpaired) electrons. The van der Waals surface area contributed by atoms with Gasteiger partial charge in [0.25, 0.3) is 8.32 Å². The zero-order chi connectivity index (χ0) is 16.2. The summed E-state index contributed by atoms with van der Waals surface area (Å²) in [5.74, 6) is -0.437. The Kier molecular flexibility index (Phi) is 4.99. The van der Waals surface area contributed by atoms with E-state index in [0.717, 1.165) is 10.4 Å². The molecule has 2 aromatic rings. The predicted octanol–water partition coefficient (Wildman–Crippen LogP) is 4.05. The first-order valence-corrected chi connectivity index (χ1v) is 9.37. The first-order chi connectivity index (χ1) is 10.4. The van der Waals surface area contributed by atoms with Crippen LogP contribution in [0.25, 0.3) is 0 Å². The van der Waals surface area contributed by atoms with Gasteiger partial charge in [0, 0.05) is 0 Å². The second-order valence-corrected chi connectivity index (χ2v) is 10.8. The van der Waals surface area contributed by atoms with E-state index in [0.29, 0.717) is 0 Å². The van der Waals surface area contributed by atoms with Crippen LogP contribution in [0.4, 0.5) is 4.39 Å². The van der Waals surface area contributed by atoms with E-state index in [2.05, 4.69) is 51.6 Å². The number of hydrogen-bond acceptors (Lipinski definition) is 1. The lowest BCUT2D eigenvalue weighted by atomic mass is 10.2. The molecule has 0 bridgehead atoms. The number of benzene rings is 2. The number of halogens is 1. The molecule has 0 saturated heterocycles. The van der Waals surface area contributed by atoms with Crippen LogP contribution in [-0.2, 0) is 4.43 Å². The highest BCUT2D eigenvalue weighted by atomic mass is 28.4. The van der Waals surface area contributed by atoms with E-state index in [1.807, 2.05) is 36.4 Å². The van der Waals surface area contributed by atoms with Crippen LogP contribution in [0.3, 0.4) is 0 Å². The molecule has 0 N–H and O–H groups in total. The fourth-order valence-electron chi connectivity index (χ4n) is 2.95. The van der Waals surface area contributed by atoms with Crippen molar-refractivity contribution in [1.29, 1.82) is 0 Å². The minimum atomic E-state index is -2.61. The highest BCUT2D eigenvalue weighted by Crippen LogP contribution is 2.36. The average molecular weight is 314 g/mol. The number of rotatable bonds is 5. The van der Waals surface area contributed by atoms with Gasteiger partial charge in [-0.05, 0) is 15.4 Å². The maximum absolute atomic E-state index is 13.4. The van der Waals surface area contributed by atoms with Crippen molar-refractivity contribution < 1.29 is 8.82 Å². The Morgan fingerprint density at radius 1 is 0.955 bits per heavy atom. The minimum Gasteiger partial charge on any atom is -0.401 e. The molecule has 2 aromatic carbocycles. The largest absolute Gasteiger partial charge is 0.401 e. The van der Waals surface area contributed by atoms with Crippen LogP contribution in [0, 0.1) is 0 Å². The third kappa shape index (κ3) is 3.21. The van der Waals surface area contributed by atoms with E-state index >= 15 is 0 Å². The lowest BCUT2D eigenvalue weighted by Gasteiger charge is -2.42. The van der Waals surface area contributed by atoms with Crippen molar-refractivity contribution in [2.45, 2.75) is 25.8 Å². The van der Waals surface area contributed by atoms with E-state index in [-0.39, 0.29) is 11.6 Å². The zero-order valence-corrected chi connectivity index (χ0v) is 14.5. The van der Waals surface area contributed by atoms with E-state index in [4.69, 9.17) is 4.43 Å². The van der Waals surface area contributed by atoms with E-state index in [1.165, 1.54) is 0 Å². The Balaban J connectivity index is 2.67. The van der Waals surface area contributed by atoms with Crippen LogP contribution in [0.5, 0.6) is 0 Å². The summed E-state index contributed by atoms with van der Waals surface area (Å²) in [7, 11) is -2.61. The van der Waals surface area contributed by atoms with Gasteiger partial charge in [0.1, 0.15) is 5.83 Å². The summed E-state index contributed by atoms with van der Waals surface area (Å²) in [6.07, 6.45) is 0. The fourth-order valence-corrected chi connectivity index (χ4v) is 7.48. The summed E-state index contributed by atoms with van der Waals surface area (Å²) in [5.41, 5.74) is 0. The molecule has 0 aromatic heterocycles. The van der Waals surface area contributed by atoms with Crippen molar-refractivity contribution in [3.63, 3.8) is 0 Å². The highest BCUT2D eigenvalue weighted by molar-refractivity contribution is 6.99. The molecule has 3 heteroatoms. The Morgan fingerprint density at radius 2 is 1.36 bits per heavy atom. The predicted molar refractivity (Wildman–Crippen MR) is 93.8 cm³/mol. The first-order valence-electron chi connectivity index (χ1n) is 7.46. The molecule has 0 spiro atoms. The van der Waals surface area contributed by atoms with Gasteiger partial charge in [-0.2, -0.15) is 0 Å². The third-order valence-electron chi connectivity index (χ3n) is 3.86. The van der Waals surface area contributed by atoms with Crippen molar-refractivity contribution in [3.8, 4) is 0 Å². The number of hydrogen-bond donors (Lipinski definition) is 0. The molecule has 0 saturated carbocycles. The average Bonchev–Trinajstić information content (AvgIpc) is 2.48. The molecule has 0 unspecified atom stereocenters. The van der Waals surface area contributed by atoms with Crippen molar-refractivity contribution in [1.82, 2.24) is 0 Å². The van der Waals surface area contributed by atoms with Gasteiger partial charge in [-0.25, -0.2) is 4.39 Å². The monoisotopic (exact) mass is 314 g/mol. The third-order valence-corrected chi connectivity index (χ3v) is 8.84. The molecular weight excluding hydrogens is 291 g/mol. The van der Waals surface area contributed by atoms with Crippen LogP contribution in [0.15, 0.2) is 73.1 Å². The van der Waals surface area contributed by atoms with Gasteiger partial charge in [0.2, 0.25) is 0 Å². The summed E-state index contributed by atoms with van der Waals surface area (Å²) in [5, 5.41) is 2.16. The molecule has 22 heavy (non-hydrogen) atoms. The van der Waals surface area contributed by atoms with E-state index in [1.54, 1.807) is 0 Å². The lowest BCUT2D eigenvalue weighted by Crippen LogP contribution is -2.66. The second kappa shape index (κ2) is 6.59. The van der Waals surface area contributed by atoms with Gasteiger partial charge in [0.05, 0.1) is 6.61 Å². The normalized spacial score (nSPS) is 12.2. The van der Waals surface area contributed by atoms with Crippen molar-refractivity contribution in [3.05, 3.63) is 73.1 Å². The molecule has 0 aliphatic carbocycles. The first kappa shape index (κ1) is 16.7. The Labute approximate surface area is 133 Å². The molecule has 0 amide bonds. The molecule has 0 fully saturated rings. The topological polar surface area (TPSA) is 9.23 Å².